The Kier molecular flexibility index (Phi) is 6.99. The Bertz CT molecular complexity index is 1080. The third-order valence-electron chi connectivity index (χ3n) is 6.12. The summed E-state index contributed by atoms with van der Waals surface area (Å²) in [6.45, 7) is 4.28. The van der Waals surface area contributed by atoms with Crippen LogP contribution >= 0.6 is 0 Å². The molecule has 0 aromatic heterocycles. The molecule has 1 aliphatic rings. The van der Waals surface area contributed by atoms with Gasteiger partial charge in [0.25, 0.3) is 0 Å². The fourth-order valence-corrected chi connectivity index (χ4v) is 4.17. The summed E-state index contributed by atoms with van der Waals surface area (Å²) in [5.41, 5.74) is 2.65. The number of aliphatic carboxylic acids is 1. The van der Waals surface area contributed by atoms with Crippen molar-refractivity contribution in [2.75, 3.05) is 6.61 Å². The number of benzene rings is 3. The second-order valence-electron chi connectivity index (χ2n) is 8.49. The van der Waals surface area contributed by atoms with Crippen molar-refractivity contribution in [2.45, 2.75) is 51.4 Å². The van der Waals surface area contributed by atoms with E-state index in [1.807, 2.05) is 42.5 Å². The van der Waals surface area contributed by atoms with Crippen LogP contribution in [0, 0.1) is 0 Å². The Morgan fingerprint density at radius 3 is 2.52 bits per heavy atom. The number of hydrogen-bond donors (Lipinski definition) is 1. The van der Waals surface area contributed by atoms with Gasteiger partial charge >= 0.3 is 5.97 Å². The zero-order valence-corrected chi connectivity index (χ0v) is 19.1. The Labute approximate surface area is 194 Å². The zero-order valence-electron chi connectivity index (χ0n) is 19.1. The van der Waals surface area contributed by atoms with E-state index in [1.54, 1.807) is 19.9 Å². The van der Waals surface area contributed by atoms with Gasteiger partial charge in [0.15, 0.2) is 5.60 Å². The minimum Gasteiger partial charge on any atom is -0.490 e. The van der Waals surface area contributed by atoms with Gasteiger partial charge in [-0.3, -0.25) is 0 Å². The van der Waals surface area contributed by atoms with E-state index in [4.69, 9.17) is 14.2 Å². The summed E-state index contributed by atoms with van der Waals surface area (Å²) in [6, 6.07) is 23.9. The SMILES string of the molecule is CCOC(C)(C(=O)O)c1ccc2c(c1)CCC(Cc1ccc(OCc3ccccc3)cc1)O2. The van der Waals surface area contributed by atoms with E-state index in [9.17, 15) is 9.90 Å². The van der Waals surface area contributed by atoms with Crippen molar-refractivity contribution in [3.8, 4) is 11.5 Å². The second kappa shape index (κ2) is 10.1. The molecule has 2 atom stereocenters. The molecule has 172 valence electrons. The van der Waals surface area contributed by atoms with Gasteiger partial charge in [-0.2, -0.15) is 0 Å². The maximum absolute atomic E-state index is 11.8. The smallest absolute Gasteiger partial charge is 0.340 e. The highest BCUT2D eigenvalue weighted by Crippen LogP contribution is 2.34. The lowest BCUT2D eigenvalue weighted by Gasteiger charge is -2.30. The molecule has 0 spiro atoms. The number of carbonyl (C=O) groups is 1. The highest BCUT2D eigenvalue weighted by Gasteiger charge is 2.37. The van der Waals surface area contributed by atoms with Gasteiger partial charge in [-0.05, 0) is 73.2 Å². The molecule has 0 saturated carbocycles. The fourth-order valence-electron chi connectivity index (χ4n) is 4.17. The highest BCUT2D eigenvalue weighted by molar-refractivity contribution is 5.79. The van der Waals surface area contributed by atoms with Crippen LogP contribution in [0.1, 0.15) is 42.5 Å². The predicted molar refractivity (Wildman–Crippen MR) is 127 cm³/mol. The number of fused-ring (bicyclic) bond motifs is 1. The van der Waals surface area contributed by atoms with Crippen molar-refractivity contribution in [3.05, 3.63) is 95.1 Å². The summed E-state index contributed by atoms with van der Waals surface area (Å²) in [5.74, 6) is 0.679. The molecule has 0 amide bonds. The molecule has 2 unspecified atom stereocenters. The van der Waals surface area contributed by atoms with E-state index in [0.29, 0.717) is 18.8 Å². The van der Waals surface area contributed by atoms with Gasteiger partial charge in [-0.15, -0.1) is 0 Å². The first kappa shape index (κ1) is 22.9. The molecule has 5 heteroatoms. The van der Waals surface area contributed by atoms with Gasteiger partial charge in [-0.25, -0.2) is 4.79 Å². The topological polar surface area (TPSA) is 65.0 Å². The molecule has 0 radical (unpaired) electrons. The molecule has 1 N–H and O–H groups in total. The van der Waals surface area contributed by atoms with Crippen molar-refractivity contribution in [2.24, 2.45) is 0 Å². The van der Waals surface area contributed by atoms with Crippen LogP contribution in [0.4, 0.5) is 0 Å². The third-order valence-corrected chi connectivity index (χ3v) is 6.12. The van der Waals surface area contributed by atoms with E-state index in [1.165, 1.54) is 5.56 Å². The van der Waals surface area contributed by atoms with Crippen molar-refractivity contribution < 1.29 is 24.1 Å². The number of carboxylic acids is 1. The van der Waals surface area contributed by atoms with E-state index >= 15 is 0 Å². The number of ether oxygens (including phenoxy) is 3. The largest absolute Gasteiger partial charge is 0.490 e. The van der Waals surface area contributed by atoms with Crippen LogP contribution in [0.15, 0.2) is 72.8 Å². The maximum Gasteiger partial charge on any atom is 0.340 e. The first-order valence-corrected chi connectivity index (χ1v) is 11.4. The van der Waals surface area contributed by atoms with Gasteiger partial charge in [0.1, 0.15) is 24.2 Å². The maximum atomic E-state index is 11.8. The molecule has 3 aromatic rings. The van der Waals surface area contributed by atoms with Crippen LogP contribution in [0.3, 0.4) is 0 Å². The zero-order chi connectivity index (χ0) is 23.3. The average molecular weight is 447 g/mol. The fraction of sp³-hybridized carbons (Fsp3) is 0.321. The summed E-state index contributed by atoms with van der Waals surface area (Å²) in [7, 11) is 0. The molecule has 0 fully saturated rings. The summed E-state index contributed by atoms with van der Waals surface area (Å²) >= 11 is 0. The normalized spacial score (nSPS) is 16.8. The van der Waals surface area contributed by atoms with Crippen LogP contribution < -0.4 is 9.47 Å². The molecule has 3 aromatic carbocycles. The summed E-state index contributed by atoms with van der Waals surface area (Å²) < 4.78 is 17.7. The van der Waals surface area contributed by atoms with E-state index in [2.05, 4.69) is 24.3 Å². The molecule has 0 bridgehead atoms. The van der Waals surface area contributed by atoms with Crippen LogP contribution in [0.25, 0.3) is 0 Å². The summed E-state index contributed by atoms with van der Waals surface area (Å²) in [5, 5.41) is 9.67. The Hall–Kier alpha value is -3.31. The molecule has 1 aliphatic heterocycles. The minimum absolute atomic E-state index is 0.0807. The summed E-state index contributed by atoms with van der Waals surface area (Å²) in [6.07, 6.45) is 2.61. The quantitative estimate of drug-likeness (QED) is 0.468. The Balaban J connectivity index is 1.37. The predicted octanol–water partition coefficient (Wildman–Crippen LogP) is 5.54. The van der Waals surface area contributed by atoms with Crippen molar-refractivity contribution in [3.63, 3.8) is 0 Å². The molecular formula is C28H30O5. The Morgan fingerprint density at radius 2 is 1.82 bits per heavy atom. The molecule has 0 saturated heterocycles. The number of aryl methyl sites for hydroxylation is 1. The van der Waals surface area contributed by atoms with Crippen LogP contribution in [-0.2, 0) is 34.6 Å². The molecule has 0 aliphatic carbocycles. The molecule has 5 nitrogen and oxygen atoms in total. The third kappa shape index (κ3) is 5.37. The lowest BCUT2D eigenvalue weighted by molar-refractivity contribution is -0.164. The molecule has 4 rings (SSSR count). The Morgan fingerprint density at radius 1 is 1.06 bits per heavy atom. The van der Waals surface area contributed by atoms with Crippen molar-refractivity contribution >= 4 is 5.97 Å². The number of carboxylic acid groups (broad SMARTS) is 1. The lowest BCUT2D eigenvalue weighted by Crippen LogP contribution is -2.36. The van der Waals surface area contributed by atoms with Crippen LogP contribution in [0.2, 0.25) is 0 Å². The van der Waals surface area contributed by atoms with Gasteiger partial charge in [-0.1, -0.05) is 48.5 Å². The van der Waals surface area contributed by atoms with E-state index in [0.717, 1.165) is 41.9 Å². The first-order chi connectivity index (χ1) is 16.0. The first-order valence-electron chi connectivity index (χ1n) is 11.4. The van der Waals surface area contributed by atoms with Crippen molar-refractivity contribution in [1.29, 1.82) is 0 Å². The number of rotatable bonds is 9. The standard InChI is InChI=1S/C28H30O5/c1-3-32-28(2,27(29)30)23-12-16-26-22(18-23)11-15-25(33-26)17-20-9-13-24(14-10-20)31-19-21-7-5-4-6-8-21/h4-10,12-14,16,18,25H,3,11,15,17,19H2,1-2H3,(H,29,30). The average Bonchev–Trinajstić information content (AvgIpc) is 2.84. The van der Waals surface area contributed by atoms with Gasteiger partial charge in [0.05, 0.1) is 0 Å². The second-order valence-corrected chi connectivity index (χ2v) is 8.49. The molecule has 1 heterocycles. The molecule has 33 heavy (non-hydrogen) atoms. The van der Waals surface area contributed by atoms with Gasteiger partial charge in [0, 0.05) is 13.0 Å². The monoisotopic (exact) mass is 446 g/mol. The van der Waals surface area contributed by atoms with Gasteiger partial charge < -0.3 is 19.3 Å². The van der Waals surface area contributed by atoms with Crippen LogP contribution in [0.5, 0.6) is 11.5 Å². The highest BCUT2D eigenvalue weighted by atomic mass is 16.5. The van der Waals surface area contributed by atoms with Crippen molar-refractivity contribution in [1.82, 2.24) is 0 Å². The van der Waals surface area contributed by atoms with E-state index < -0.39 is 11.6 Å². The molecular weight excluding hydrogens is 416 g/mol. The summed E-state index contributed by atoms with van der Waals surface area (Å²) in [4.78, 5) is 11.8. The van der Waals surface area contributed by atoms with Gasteiger partial charge in [0.2, 0.25) is 0 Å². The number of hydrogen-bond acceptors (Lipinski definition) is 4. The minimum atomic E-state index is -1.36. The van der Waals surface area contributed by atoms with E-state index in [-0.39, 0.29) is 6.10 Å². The van der Waals surface area contributed by atoms with Crippen LogP contribution in [-0.4, -0.2) is 23.8 Å². The lowest BCUT2D eigenvalue weighted by atomic mass is 9.90.